The Morgan fingerprint density at radius 2 is 1.85 bits per heavy atom. The van der Waals surface area contributed by atoms with E-state index in [1.165, 1.54) is 5.01 Å². The molecule has 26 heavy (non-hydrogen) atoms. The Morgan fingerprint density at radius 3 is 2.50 bits per heavy atom. The summed E-state index contributed by atoms with van der Waals surface area (Å²) < 4.78 is 31.4. The molecule has 0 fully saturated rings. The molecular formula is C16H14N4O5S. The minimum atomic E-state index is -4.46. The number of amides is 1. The van der Waals surface area contributed by atoms with Gasteiger partial charge in [-0.25, -0.2) is 0 Å². The molecule has 2 aromatic carbocycles. The Morgan fingerprint density at radius 1 is 1.15 bits per heavy atom. The Hall–Kier alpha value is -3.11. The van der Waals surface area contributed by atoms with Crippen LogP contribution in [0, 0.1) is 0 Å². The lowest BCUT2D eigenvalue weighted by molar-refractivity contribution is -0.117. The monoisotopic (exact) mass is 374 g/mol. The molecule has 2 N–H and O–H groups in total. The number of carbonyl (C=O) groups excluding carboxylic acids is 1. The SMILES string of the molecule is CC1=NN(c2ccccc2)C(=O)[C@@H]1N=Nc1cc(S(=O)(=O)O)ccc1O. The summed E-state index contributed by atoms with van der Waals surface area (Å²) in [6.45, 7) is 1.61. The molecule has 2 aromatic rings. The van der Waals surface area contributed by atoms with Gasteiger partial charge < -0.3 is 5.11 Å². The maximum atomic E-state index is 12.5. The van der Waals surface area contributed by atoms with Crippen LogP contribution in [0.15, 0.2) is 68.8 Å². The predicted octanol–water partition coefficient (Wildman–Crippen LogP) is 2.51. The molecule has 1 atom stereocenters. The Bertz CT molecular complexity index is 1020. The van der Waals surface area contributed by atoms with Gasteiger partial charge in [-0.05, 0) is 37.3 Å². The van der Waals surface area contributed by atoms with Crippen molar-refractivity contribution in [3.05, 3.63) is 48.5 Å². The third kappa shape index (κ3) is 3.46. The van der Waals surface area contributed by atoms with Gasteiger partial charge in [-0.3, -0.25) is 9.35 Å². The van der Waals surface area contributed by atoms with Gasteiger partial charge in [0.1, 0.15) is 11.4 Å². The first-order valence-corrected chi connectivity index (χ1v) is 8.87. The summed E-state index contributed by atoms with van der Waals surface area (Å²) in [5.74, 6) is -0.774. The fraction of sp³-hybridized carbons (Fsp3) is 0.125. The molecule has 9 nitrogen and oxygen atoms in total. The largest absolute Gasteiger partial charge is 0.506 e. The number of rotatable bonds is 4. The van der Waals surface area contributed by atoms with Crippen LogP contribution in [0.5, 0.6) is 5.75 Å². The van der Waals surface area contributed by atoms with Crippen molar-refractivity contribution in [2.24, 2.45) is 15.3 Å². The van der Waals surface area contributed by atoms with Crippen LogP contribution in [-0.4, -0.2) is 35.7 Å². The molecule has 0 radical (unpaired) electrons. The van der Waals surface area contributed by atoms with E-state index in [0.717, 1.165) is 18.2 Å². The molecule has 1 aliphatic heterocycles. The first kappa shape index (κ1) is 17.7. The summed E-state index contributed by atoms with van der Waals surface area (Å²) >= 11 is 0. The van der Waals surface area contributed by atoms with Gasteiger partial charge in [-0.15, -0.1) is 0 Å². The molecule has 1 heterocycles. The zero-order valence-corrected chi connectivity index (χ0v) is 14.3. The number of azo groups is 1. The minimum absolute atomic E-state index is 0.195. The van der Waals surface area contributed by atoms with Crippen molar-refractivity contribution in [2.75, 3.05) is 5.01 Å². The number of nitrogens with zero attached hydrogens (tertiary/aromatic N) is 4. The number of benzene rings is 2. The summed E-state index contributed by atoms with van der Waals surface area (Å²) in [6, 6.07) is 10.8. The number of hydrazone groups is 1. The van der Waals surface area contributed by atoms with Crippen molar-refractivity contribution in [2.45, 2.75) is 17.9 Å². The van der Waals surface area contributed by atoms with Gasteiger partial charge in [-0.1, -0.05) is 18.2 Å². The summed E-state index contributed by atoms with van der Waals surface area (Å²) in [5.41, 5.74) is 0.776. The lowest BCUT2D eigenvalue weighted by Crippen LogP contribution is -2.29. The van der Waals surface area contributed by atoms with Gasteiger partial charge in [0.05, 0.1) is 16.3 Å². The zero-order chi connectivity index (χ0) is 18.9. The smallest absolute Gasteiger partial charge is 0.294 e. The fourth-order valence-corrected chi connectivity index (χ4v) is 2.81. The first-order valence-electron chi connectivity index (χ1n) is 7.43. The zero-order valence-electron chi connectivity index (χ0n) is 13.5. The summed E-state index contributed by atoms with van der Waals surface area (Å²) in [5, 5.41) is 22.8. The molecular weight excluding hydrogens is 360 g/mol. The van der Waals surface area contributed by atoms with Crippen LogP contribution in [0.4, 0.5) is 11.4 Å². The second kappa shape index (κ2) is 6.65. The average Bonchev–Trinajstić information content (AvgIpc) is 2.88. The van der Waals surface area contributed by atoms with E-state index in [2.05, 4.69) is 15.3 Å². The van der Waals surface area contributed by atoms with E-state index in [-0.39, 0.29) is 11.4 Å². The quantitative estimate of drug-likeness (QED) is 0.627. The third-order valence-corrected chi connectivity index (χ3v) is 4.47. The van der Waals surface area contributed by atoms with Crippen LogP contribution in [-0.2, 0) is 14.9 Å². The van der Waals surface area contributed by atoms with E-state index < -0.39 is 27.0 Å². The highest BCUT2D eigenvalue weighted by Gasteiger charge is 2.34. The third-order valence-electron chi connectivity index (χ3n) is 3.62. The van der Waals surface area contributed by atoms with Crippen LogP contribution < -0.4 is 5.01 Å². The molecule has 0 bridgehead atoms. The van der Waals surface area contributed by atoms with Gasteiger partial charge >= 0.3 is 0 Å². The molecule has 0 spiro atoms. The maximum Gasteiger partial charge on any atom is 0.294 e. The van der Waals surface area contributed by atoms with Gasteiger partial charge in [0.2, 0.25) is 0 Å². The highest BCUT2D eigenvalue weighted by Crippen LogP contribution is 2.30. The lowest BCUT2D eigenvalue weighted by atomic mass is 10.2. The van der Waals surface area contributed by atoms with Crippen molar-refractivity contribution >= 4 is 33.1 Å². The standard InChI is InChI=1S/C16H14N4O5S/c1-10-15(16(22)20(19-10)11-5-3-2-4-6-11)18-17-13-9-12(26(23,24)25)7-8-14(13)21/h2-9,15,21H,1H3,(H,23,24,25)/t15-/m1/s1. The molecule has 0 saturated carbocycles. The molecule has 10 heteroatoms. The van der Waals surface area contributed by atoms with Crippen LogP contribution in [0.25, 0.3) is 0 Å². The van der Waals surface area contributed by atoms with Crippen molar-refractivity contribution in [1.29, 1.82) is 0 Å². The highest BCUT2D eigenvalue weighted by atomic mass is 32.2. The summed E-state index contributed by atoms with van der Waals surface area (Å²) in [6.07, 6.45) is 0. The number of para-hydroxylation sites is 1. The molecule has 0 unspecified atom stereocenters. The molecule has 1 amide bonds. The van der Waals surface area contributed by atoms with Crippen LogP contribution in [0.3, 0.4) is 0 Å². The summed E-state index contributed by atoms with van der Waals surface area (Å²) in [7, 11) is -4.46. The van der Waals surface area contributed by atoms with E-state index in [1.54, 1.807) is 31.2 Å². The Balaban J connectivity index is 1.88. The molecule has 0 aromatic heterocycles. The lowest BCUT2D eigenvalue weighted by Gasteiger charge is -2.11. The van der Waals surface area contributed by atoms with Crippen LogP contribution in [0.2, 0.25) is 0 Å². The van der Waals surface area contributed by atoms with Crippen molar-refractivity contribution < 1.29 is 22.9 Å². The number of hydrogen-bond acceptors (Lipinski definition) is 7. The van der Waals surface area contributed by atoms with Crippen molar-refractivity contribution in [3.8, 4) is 5.75 Å². The van der Waals surface area contributed by atoms with Gasteiger partial charge in [-0.2, -0.15) is 28.8 Å². The highest BCUT2D eigenvalue weighted by molar-refractivity contribution is 7.85. The van der Waals surface area contributed by atoms with E-state index in [0.29, 0.717) is 11.4 Å². The van der Waals surface area contributed by atoms with E-state index in [4.69, 9.17) is 4.55 Å². The van der Waals surface area contributed by atoms with Crippen LogP contribution >= 0.6 is 0 Å². The molecule has 0 saturated heterocycles. The topological polar surface area (TPSA) is 132 Å². The molecule has 0 aliphatic carbocycles. The average molecular weight is 374 g/mol. The summed E-state index contributed by atoms with van der Waals surface area (Å²) in [4.78, 5) is 12.1. The van der Waals surface area contributed by atoms with E-state index >= 15 is 0 Å². The molecule has 1 aliphatic rings. The van der Waals surface area contributed by atoms with Gasteiger partial charge in [0.15, 0.2) is 6.04 Å². The van der Waals surface area contributed by atoms with E-state index in [9.17, 15) is 18.3 Å². The van der Waals surface area contributed by atoms with Gasteiger partial charge in [0, 0.05) is 0 Å². The normalized spacial score (nSPS) is 17.8. The van der Waals surface area contributed by atoms with Crippen molar-refractivity contribution in [1.82, 2.24) is 0 Å². The van der Waals surface area contributed by atoms with Gasteiger partial charge in [0.25, 0.3) is 16.0 Å². The number of phenolic OH excluding ortho intramolecular Hbond substituents is 1. The maximum absolute atomic E-state index is 12.5. The van der Waals surface area contributed by atoms with Crippen LogP contribution in [0.1, 0.15) is 6.92 Å². The Kier molecular flexibility index (Phi) is 4.53. The number of hydrogen-bond donors (Lipinski definition) is 2. The second-order valence-corrected chi connectivity index (χ2v) is 6.89. The minimum Gasteiger partial charge on any atom is -0.506 e. The van der Waals surface area contributed by atoms with Crippen molar-refractivity contribution in [3.63, 3.8) is 0 Å². The Labute approximate surface area is 149 Å². The van der Waals surface area contributed by atoms with E-state index in [1.807, 2.05) is 6.07 Å². The first-order chi connectivity index (χ1) is 12.3. The second-order valence-electron chi connectivity index (χ2n) is 5.47. The number of carbonyl (C=O) groups is 1. The number of anilines is 1. The number of phenols is 1. The predicted molar refractivity (Wildman–Crippen MR) is 93.3 cm³/mol. The molecule has 134 valence electrons. The number of aromatic hydroxyl groups is 1. The fourth-order valence-electron chi connectivity index (χ4n) is 2.31. The molecule has 3 rings (SSSR count).